The Kier molecular flexibility index (Phi) is 7.83. The van der Waals surface area contributed by atoms with E-state index in [1.807, 2.05) is 12.1 Å². The van der Waals surface area contributed by atoms with Crippen molar-refractivity contribution in [3.05, 3.63) is 58.4 Å². The predicted octanol–water partition coefficient (Wildman–Crippen LogP) is 4.79. The van der Waals surface area contributed by atoms with E-state index in [4.69, 9.17) is 19.5 Å². The Bertz CT molecular complexity index is 1600. The van der Waals surface area contributed by atoms with Crippen LogP contribution in [0.1, 0.15) is 46.4 Å². The van der Waals surface area contributed by atoms with Crippen molar-refractivity contribution < 1.29 is 13.9 Å². The third-order valence-corrected chi connectivity index (χ3v) is 10.2. The summed E-state index contributed by atoms with van der Waals surface area (Å²) in [5.41, 5.74) is 1.58. The number of hydrogen-bond acceptors (Lipinski definition) is 6. The molecule has 3 saturated carbocycles. The van der Waals surface area contributed by atoms with Crippen LogP contribution in [-0.4, -0.2) is 59.2 Å². The third kappa shape index (κ3) is 5.57. The number of benzene rings is 2. The molecule has 10 heteroatoms. The Labute approximate surface area is 252 Å². The summed E-state index contributed by atoms with van der Waals surface area (Å²) in [6.45, 7) is 12.0. The summed E-state index contributed by atoms with van der Waals surface area (Å²) in [4.78, 5) is 25.7. The summed E-state index contributed by atoms with van der Waals surface area (Å²) < 4.78 is 26.7. The molecule has 230 valence electrons. The first-order valence-corrected chi connectivity index (χ1v) is 15.3. The fraction of sp³-hybridized carbons (Fsp3) is 0.545. The molecule has 5 atom stereocenters. The lowest BCUT2D eigenvalue weighted by atomic mass is 9.45. The van der Waals surface area contributed by atoms with Crippen LogP contribution in [0.4, 0.5) is 10.1 Å². The highest BCUT2D eigenvalue weighted by Gasteiger charge is 2.56. The Balaban J connectivity index is 1.28. The van der Waals surface area contributed by atoms with E-state index in [1.165, 1.54) is 30.2 Å². The van der Waals surface area contributed by atoms with E-state index in [9.17, 15) is 9.18 Å². The van der Waals surface area contributed by atoms with Crippen LogP contribution in [0.15, 0.2) is 46.2 Å². The fourth-order valence-corrected chi connectivity index (χ4v) is 7.29. The highest BCUT2D eigenvalue weighted by Crippen LogP contribution is 2.61. The molecule has 5 unspecified atom stereocenters. The molecule has 2 bridgehead atoms. The van der Waals surface area contributed by atoms with Gasteiger partial charge in [-0.25, -0.2) is 14.4 Å². The zero-order valence-electron chi connectivity index (χ0n) is 26.0. The number of methoxy groups -OCH3 is 1. The standard InChI is InChI=1S/C33H43FN6O3/c1-19-17-40(12-11-35-19)32(38-27-14-21-13-25(20(27)2)33(21,3)4)36-22-7-9-24-28(15-22)37-30(39(5)31(24)41)18-43-29-10-8-23(42-6)16-26(29)34/h7-10,15-16,19-21,25,27,35H,11-14,17-18H2,1-6H3,(H,36,38). The van der Waals surface area contributed by atoms with Crippen LogP contribution in [-0.2, 0) is 13.7 Å². The average Bonchev–Trinajstić information content (AvgIpc) is 2.98. The summed E-state index contributed by atoms with van der Waals surface area (Å²) in [6.07, 6.45) is 2.43. The van der Waals surface area contributed by atoms with Crippen molar-refractivity contribution >= 4 is 22.5 Å². The van der Waals surface area contributed by atoms with Crippen LogP contribution < -0.4 is 25.7 Å². The molecule has 0 radical (unpaired) electrons. The van der Waals surface area contributed by atoms with E-state index in [1.54, 1.807) is 19.2 Å². The normalized spacial score (nSPS) is 26.6. The van der Waals surface area contributed by atoms with Gasteiger partial charge in [0.2, 0.25) is 0 Å². The second-order valence-electron chi connectivity index (χ2n) is 13.1. The molecule has 2 N–H and O–H groups in total. The lowest BCUT2D eigenvalue weighted by Gasteiger charge is -2.61. The van der Waals surface area contributed by atoms with Gasteiger partial charge in [0.1, 0.15) is 18.2 Å². The van der Waals surface area contributed by atoms with Crippen LogP contribution in [0.25, 0.3) is 10.9 Å². The van der Waals surface area contributed by atoms with Crippen molar-refractivity contribution in [2.45, 2.75) is 59.2 Å². The second-order valence-corrected chi connectivity index (χ2v) is 13.1. The predicted molar refractivity (Wildman–Crippen MR) is 167 cm³/mol. The van der Waals surface area contributed by atoms with E-state index in [0.717, 1.165) is 43.6 Å². The minimum Gasteiger partial charge on any atom is -0.497 e. The molecule has 0 spiro atoms. The van der Waals surface area contributed by atoms with E-state index < -0.39 is 5.82 Å². The van der Waals surface area contributed by atoms with Crippen LogP contribution in [0.3, 0.4) is 0 Å². The zero-order valence-corrected chi connectivity index (χ0v) is 26.0. The summed E-state index contributed by atoms with van der Waals surface area (Å²) in [6, 6.07) is 10.6. The van der Waals surface area contributed by atoms with Gasteiger partial charge in [0.25, 0.3) is 5.56 Å². The van der Waals surface area contributed by atoms with E-state index in [-0.39, 0.29) is 24.0 Å². The minimum atomic E-state index is -0.543. The monoisotopic (exact) mass is 590 g/mol. The van der Waals surface area contributed by atoms with E-state index >= 15 is 0 Å². The first-order chi connectivity index (χ1) is 20.5. The van der Waals surface area contributed by atoms with Gasteiger partial charge in [0.15, 0.2) is 17.5 Å². The van der Waals surface area contributed by atoms with E-state index in [2.05, 4.69) is 43.2 Å². The molecule has 43 heavy (non-hydrogen) atoms. The van der Waals surface area contributed by atoms with Crippen LogP contribution in [0, 0.1) is 29.0 Å². The maximum Gasteiger partial charge on any atom is 0.261 e. The molecule has 1 aliphatic heterocycles. The average molecular weight is 591 g/mol. The number of piperazine rings is 1. The number of ether oxygens (including phenoxy) is 2. The largest absolute Gasteiger partial charge is 0.497 e. The molecule has 4 aliphatic rings. The topological polar surface area (TPSA) is 93.0 Å². The van der Waals surface area contributed by atoms with Crippen molar-refractivity contribution in [3.8, 4) is 11.5 Å². The van der Waals surface area contributed by atoms with Gasteiger partial charge in [-0.1, -0.05) is 20.8 Å². The second kappa shape index (κ2) is 11.4. The molecule has 7 rings (SSSR count). The Morgan fingerprint density at radius 2 is 2.02 bits per heavy atom. The highest BCUT2D eigenvalue weighted by atomic mass is 19.1. The van der Waals surface area contributed by atoms with Gasteiger partial charge in [-0.2, -0.15) is 0 Å². The number of aromatic nitrogens is 2. The summed E-state index contributed by atoms with van der Waals surface area (Å²) >= 11 is 0. The van der Waals surface area contributed by atoms with Crippen molar-refractivity contribution in [1.29, 1.82) is 0 Å². The molecule has 1 saturated heterocycles. The number of aliphatic imine (C=N–C) groups is 1. The van der Waals surface area contributed by atoms with Gasteiger partial charge in [0.05, 0.1) is 24.1 Å². The van der Waals surface area contributed by atoms with Crippen molar-refractivity contribution in [2.24, 2.45) is 35.2 Å². The highest BCUT2D eigenvalue weighted by molar-refractivity contribution is 5.96. The summed E-state index contributed by atoms with van der Waals surface area (Å²) in [5, 5.41) is 7.65. The maximum absolute atomic E-state index is 14.5. The third-order valence-electron chi connectivity index (χ3n) is 10.2. The Morgan fingerprint density at radius 3 is 2.72 bits per heavy atom. The molecule has 3 aliphatic carbocycles. The number of fused-ring (bicyclic) bond motifs is 3. The van der Waals surface area contributed by atoms with Gasteiger partial charge in [-0.05, 0) is 73.3 Å². The number of halogens is 1. The molecule has 1 aromatic heterocycles. The molecule has 2 heterocycles. The Hall–Kier alpha value is -3.66. The summed E-state index contributed by atoms with van der Waals surface area (Å²) in [5.74, 6) is 3.15. The van der Waals surface area contributed by atoms with Gasteiger partial charge in [-0.15, -0.1) is 0 Å². The lowest BCUT2D eigenvalue weighted by molar-refractivity contribution is -0.108. The molecule has 4 fully saturated rings. The SMILES string of the molecule is COc1ccc(OCc2nc3cc(NC(=NC4CC5CC(C4C)C5(C)C)N4CCNC(C)C4)ccc3c(=O)n2C)c(F)c1. The van der Waals surface area contributed by atoms with Gasteiger partial charge in [-0.3, -0.25) is 9.36 Å². The lowest BCUT2D eigenvalue weighted by Crippen LogP contribution is -2.57. The quantitative estimate of drug-likeness (QED) is 0.315. The summed E-state index contributed by atoms with van der Waals surface area (Å²) in [7, 11) is 3.13. The first kappa shape index (κ1) is 29.4. The number of nitrogens with one attached hydrogen (secondary N) is 2. The van der Waals surface area contributed by atoms with Gasteiger partial charge < -0.3 is 25.0 Å². The fourth-order valence-electron chi connectivity index (χ4n) is 7.29. The minimum absolute atomic E-state index is 0.0633. The molecule has 3 aromatic rings. The Morgan fingerprint density at radius 1 is 1.21 bits per heavy atom. The number of rotatable bonds is 6. The van der Waals surface area contributed by atoms with Crippen LogP contribution in [0.5, 0.6) is 11.5 Å². The molecular formula is C33H43FN6O3. The van der Waals surface area contributed by atoms with Crippen molar-refractivity contribution in [3.63, 3.8) is 0 Å². The van der Waals surface area contributed by atoms with Crippen molar-refractivity contribution in [1.82, 2.24) is 19.8 Å². The van der Waals surface area contributed by atoms with Crippen LogP contribution in [0.2, 0.25) is 0 Å². The van der Waals surface area contributed by atoms with Crippen molar-refractivity contribution in [2.75, 3.05) is 32.1 Å². The first-order valence-electron chi connectivity index (χ1n) is 15.3. The van der Waals surface area contributed by atoms with E-state index in [0.29, 0.717) is 45.8 Å². The number of anilines is 1. The molecular weight excluding hydrogens is 547 g/mol. The number of hydrogen-bond donors (Lipinski definition) is 2. The number of guanidine groups is 1. The van der Waals surface area contributed by atoms with Crippen LogP contribution >= 0.6 is 0 Å². The van der Waals surface area contributed by atoms with Gasteiger partial charge >= 0.3 is 0 Å². The zero-order chi connectivity index (χ0) is 30.5. The molecule has 2 aromatic carbocycles. The molecule has 9 nitrogen and oxygen atoms in total. The number of nitrogens with zero attached hydrogens (tertiary/aromatic N) is 4. The maximum atomic E-state index is 14.5. The smallest absolute Gasteiger partial charge is 0.261 e. The van der Waals surface area contributed by atoms with Gasteiger partial charge in [0, 0.05) is 44.5 Å². The molecule has 0 amide bonds.